The van der Waals surface area contributed by atoms with Crippen LogP contribution in [-0.4, -0.2) is 24.4 Å². The van der Waals surface area contributed by atoms with Crippen molar-refractivity contribution in [2.75, 3.05) is 6.54 Å². The fraction of sp³-hybridized carbons (Fsp3) is 0.409. The molecule has 0 radical (unpaired) electrons. The lowest BCUT2D eigenvalue weighted by molar-refractivity contribution is -0.593. The van der Waals surface area contributed by atoms with Crippen LogP contribution in [-0.2, 0) is 0 Å². The molecule has 1 fully saturated rings. The first-order valence-corrected chi connectivity index (χ1v) is 9.68. The van der Waals surface area contributed by atoms with Crippen molar-refractivity contribution in [3.63, 3.8) is 0 Å². The molecule has 2 N–H and O–H groups in total. The van der Waals surface area contributed by atoms with Gasteiger partial charge in [-0.25, -0.2) is 4.39 Å². The molecule has 1 aliphatic carbocycles. The topological polar surface area (TPSA) is 85.1 Å². The van der Waals surface area contributed by atoms with Gasteiger partial charge in [-0.3, -0.25) is 9.59 Å². The Labute approximate surface area is 169 Å². The Hall–Kier alpha value is -2.96. The predicted molar refractivity (Wildman–Crippen MR) is 108 cm³/mol. The number of amides is 2. The number of hydrogen-bond donors (Lipinski definition) is 2. The molecule has 2 aromatic rings. The van der Waals surface area contributed by atoms with E-state index in [4.69, 9.17) is 0 Å². The number of benzene rings is 1. The van der Waals surface area contributed by atoms with Gasteiger partial charge in [0.05, 0.1) is 5.56 Å². The zero-order valence-corrected chi connectivity index (χ0v) is 17.1. The van der Waals surface area contributed by atoms with Crippen LogP contribution in [0.1, 0.15) is 59.9 Å². The highest BCUT2D eigenvalue weighted by atomic mass is 19.1. The second-order valence-electron chi connectivity index (χ2n) is 8.75. The zero-order chi connectivity index (χ0) is 21.3. The average Bonchev–Trinajstić information content (AvgIpc) is 3.45. The molecule has 154 valence electrons. The van der Waals surface area contributed by atoms with Crippen molar-refractivity contribution in [1.29, 1.82) is 0 Å². The SMILES string of the molecule is Cc1c(F)cc(C(=O)NC2CC2)cc1-c1ccc(C(=O)NCC(C)(C)C)c[n+]1[O-]. The maximum Gasteiger partial charge on any atom is 0.257 e. The van der Waals surface area contributed by atoms with Gasteiger partial charge in [-0.15, -0.1) is 0 Å². The summed E-state index contributed by atoms with van der Waals surface area (Å²) in [5.41, 5.74) is 1.06. The summed E-state index contributed by atoms with van der Waals surface area (Å²) in [5.74, 6) is -1.27. The second kappa shape index (κ2) is 7.81. The van der Waals surface area contributed by atoms with Crippen LogP contribution in [0.5, 0.6) is 0 Å². The average molecular weight is 399 g/mol. The molecule has 1 aliphatic rings. The van der Waals surface area contributed by atoms with E-state index in [9.17, 15) is 19.2 Å². The summed E-state index contributed by atoms with van der Waals surface area (Å²) in [6, 6.07) is 5.84. The Morgan fingerprint density at radius 3 is 2.45 bits per heavy atom. The molecule has 0 atom stereocenters. The van der Waals surface area contributed by atoms with Crippen molar-refractivity contribution < 1.29 is 18.7 Å². The number of carbonyl (C=O) groups excluding carboxylic acids is 2. The third-order valence-electron chi connectivity index (χ3n) is 4.75. The van der Waals surface area contributed by atoms with Crippen molar-refractivity contribution in [3.8, 4) is 11.3 Å². The monoisotopic (exact) mass is 399 g/mol. The fourth-order valence-corrected chi connectivity index (χ4v) is 2.84. The van der Waals surface area contributed by atoms with Crippen molar-refractivity contribution in [2.45, 2.75) is 46.6 Å². The van der Waals surface area contributed by atoms with Crippen molar-refractivity contribution in [2.24, 2.45) is 5.41 Å². The lowest BCUT2D eigenvalue weighted by Crippen LogP contribution is -2.35. The zero-order valence-electron chi connectivity index (χ0n) is 17.1. The highest BCUT2D eigenvalue weighted by Crippen LogP contribution is 2.26. The van der Waals surface area contributed by atoms with Gasteiger partial charge in [0.25, 0.3) is 11.8 Å². The number of halogens is 1. The molecule has 0 unspecified atom stereocenters. The first-order chi connectivity index (χ1) is 13.5. The van der Waals surface area contributed by atoms with E-state index >= 15 is 0 Å². The van der Waals surface area contributed by atoms with Gasteiger partial charge in [-0.1, -0.05) is 20.8 Å². The number of carbonyl (C=O) groups is 2. The van der Waals surface area contributed by atoms with Crippen molar-refractivity contribution in [1.82, 2.24) is 10.6 Å². The Morgan fingerprint density at radius 2 is 1.86 bits per heavy atom. The van der Waals surface area contributed by atoms with Crippen LogP contribution in [0.2, 0.25) is 0 Å². The summed E-state index contributed by atoms with van der Waals surface area (Å²) < 4.78 is 15.0. The van der Waals surface area contributed by atoms with Gasteiger partial charge in [0.2, 0.25) is 5.69 Å². The first-order valence-electron chi connectivity index (χ1n) is 9.68. The Balaban J connectivity index is 1.89. The molecule has 0 spiro atoms. The Bertz CT molecular complexity index is 963. The first kappa shape index (κ1) is 20.8. The number of nitrogens with one attached hydrogen (secondary N) is 2. The molecule has 0 saturated heterocycles. The van der Waals surface area contributed by atoms with Crippen LogP contribution in [0.15, 0.2) is 30.5 Å². The van der Waals surface area contributed by atoms with E-state index < -0.39 is 5.82 Å². The normalized spacial score (nSPS) is 13.8. The highest BCUT2D eigenvalue weighted by Gasteiger charge is 2.26. The van der Waals surface area contributed by atoms with Crippen LogP contribution in [0.3, 0.4) is 0 Å². The number of nitrogens with zero attached hydrogens (tertiary/aromatic N) is 1. The number of aromatic nitrogens is 1. The summed E-state index contributed by atoms with van der Waals surface area (Å²) in [6.07, 6.45) is 3.01. The van der Waals surface area contributed by atoms with E-state index in [0.29, 0.717) is 16.8 Å². The highest BCUT2D eigenvalue weighted by molar-refractivity contribution is 5.96. The van der Waals surface area contributed by atoms with Gasteiger partial charge in [-0.05, 0) is 48.9 Å². The Kier molecular flexibility index (Phi) is 5.59. The van der Waals surface area contributed by atoms with E-state index in [1.54, 1.807) is 6.92 Å². The molecule has 2 amide bonds. The molecule has 1 saturated carbocycles. The van der Waals surface area contributed by atoms with E-state index in [0.717, 1.165) is 12.8 Å². The molecule has 1 aromatic carbocycles. The third kappa shape index (κ3) is 5.10. The van der Waals surface area contributed by atoms with Crippen LogP contribution in [0.25, 0.3) is 11.3 Å². The summed E-state index contributed by atoms with van der Waals surface area (Å²) in [6.45, 7) is 8.00. The fourth-order valence-electron chi connectivity index (χ4n) is 2.84. The molecule has 3 rings (SSSR count). The second-order valence-corrected chi connectivity index (χ2v) is 8.75. The van der Waals surface area contributed by atoms with Gasteiger partial charge in [0, 0.05) is 24.2 Å². The van der Waals surface area contributed by atoms with Crippen LogP contribution in [0.4, 0.5) is 4.39 Å². The van der Waals surface area contributed by atoms with Gasteiger partial charge in [-0.2, -0.15) is 4.73 Å². The van der Waals surface area contributed by atoms with Gasteiger partial charge < -0.3 is 15.8 Å². The summed E-state index contributed by atoms with van der Waals surface area (Å²) >= 11 is 0. The van der Waals surface area contributed by atoms with Crippen LogP contribution < -0.4 is 15.4 Å². The predicted octanol–water partition coefficient (Wildman–Crippen LogP) is 3.10. The molecule has 7 heteroatoms. The van der Waals surface area contributed by atoms with E-state index in [1.165, 1.54) is 30.5 Å². The Morgan fingerprint density at radius 1 is 1.17 bits per heavy atom. The van der Waals surface area contributed by atoms with Crippen molar-refractivity contribution >= 4 is 11.8 Å². The lowest BCUT2D eigenvalue weighted by Gasteiger charge is -2.18. The molecule has 1 aromatic heterocycles. The number of pyridine rings is 1. The smallest absolute Gasteiger partial charge is 0.257 e. The standard InChI is InChI=1S/C22H26FN3O3/c1-13-17(9-15(10-18(13)23)21(28)25-16-6-7-16)19-8-5-14(11-26(19)29)20(27)24-12-22(2,3)4/h5,8-11,16H,6-7,12H2,1-4H3,(H,24,27)(H,25,28). The molecule has 1 heterocycles. The molecular formula is C22H26FN3O3. The van der Waals surface area contributed by atoms with Crippen molar-refractivity contribution in [3.05, 3.63) is 58.2 Å². The maximum atomic E-state index is 14.4. The lowest BCUT2D eigenvalue weighted by atomic mass is 9.97. The maximum absolute atomic E-state index is 14.4. The van der Waals surface area contributed by atoms with Gasteiger partial charge in [0.15, 0.2) is 6.20 Å². The van der Waals surface area contributed by atoms with E-state index in [2.05, 4.69) is 10.6 Å². The van der Waals surface area contributed by atoms with Gasteiger partial charge >= 0.3 is 0 Å². The van der Waals surface area contributed by atoms with E-state index in [1.807, 2.05) is 20.8 Å². The largest absolute Gasteiger partial charge is 0.618 e. The van der Waals surface area contributed by atoms with Gasteiger partial charge in [0.1, 0.15) is 11.4 Å². The van der Waals surface area contributed by atoms with Crippen LogP contribution >= 0.6 is 0 Å². The minimum absolute atomic E-state index is 0.0842. The molecule has 29 heavy (non-hydrogen) atoms. The van der Waals surface area contributed by atoms with Crippen LogP contribution in [0, 0.1) is 23.4 Å². The molecular weight excluding hydrogens is 373 g/mol. The quantitative estimate of drug-likeness (QED) is 0.598. The minimum Gasteiger partial charge on any atom is -0.618 e. The molecule has 6 nitrogen and oxygen atoms in total. The molecule has 0 aliphatic heterocycles. The minimum atomic E-state index is -0.560. The summed E-state index contributed by atoms with van der Waals surface area (Å²) in [7, 11) is 0. The third-order valence-corrected chi connectivity index (χ3v) is 4.75. The van der Waals surface area contributed by atoms with E-state index in [-0.39, 0.29) is 45.7 Å². The summed E-state index contributed by atoms with van der Waals surface area (Å²) in [5, 5.41) is 18.2. The molecule has 0 bridgehead atoms. The number of rotatable bonds is 5. The summed E-state index contributed by atoms with van der Waals surface area (Å²) in [4.78, 5) is 24.6. The number of hydrogen-bond acceptors (Lipinski definition) is 3.